The summed E-state index contributed by atoms with van der Waals surface area (Å²) in [6, 6.07) is 6.07. The van der Waals surface area contributed by atoms with Gasteiger partial charge in [0.05, 0.1) is 7.11 Å². The molecule has 3 nitrogen and oxygen atoms in total. The number of benzene rings is 1. The van der Waals surface area contributed by atoms with Gasteiger partial charge in [-0.3, -0.25) is 0 Å². The van der Waals surface area contributed by atoms with E-state index in [0.717, 1.165) is 42.7 Å². The quantitative estimate of drug-likeness (QED) is 0.749. The van der Waals surface area contributed by atoms with Crippen LogP contribution < -0.4 is 10.5 Å². The van der Waals surface area contributed by atoms with E-state index in [2.05, 4.69) is 22.9 Å². The molecule has 1 atom stereocenters. The first-order chi connectivity index (χ1) is 8.67. The highest BCUT2D eigenvalue weighted by Crippen LogP contribution is 2.23. The minimum absolute atomic E-state index is 0.116. The summed E-state index contributed by atoms with van der Waals surface area (Å²) in [7, 11) is 1.67. The molecular formula is C14H22BrNO2. The Kier molecular flexibility index (Phi) is 7.32. The van der Waals surface area contributed by atoms with Crippen molar-refractivity contribution in [3.8, 4) is 5.75 Å². The molecule has 1 aromatic carbocycles. The molecule has 0 aliphatic carbocycles. The molecule has 4 heteroatoms. The van der Waals surface area contributed by atoms with Crippen molar-refractivity contribution in [1.82, 2.24) is 0 Å². The van der Waals surface area contributed by atoms with Crippen LogP contribution >= 0.6 is 15.9 Å². The number of methoxy groups -OCH3 is 1. The average Bonchev–Trinajstić information content (AvgIpc) is 2.37. The summed E-state index contributed by atoms with van der Waals surface area (Å²) in [5, 5.41) is 0. The summed E-state index contributed by atoms with van der Waals surface area (Å²) in [4.78, 5) is 0. The Balaban J connectivity index is 2.45. The van der Waals surface area contributed by atoms with Crippen LogP contribution in [0.25, 0.3) is 0 Å². The molecule has 0 aliphatic heterocycles. The second kappa shape index (κ2) is 8.51. The van der Waals surface area contributed by atoms with Gasteiger partial charge in [-0.05, 0) is 43.0 Å². The van der Waals surface area contributed by atoms with E-state index in [0.29, 0.717) is 0 Å². The van der Waals surface area contributed by atoms with E-state index in [-0.39, 0.29) is 6.04 Å². The smallest absolute Gasteiger partial charge is 0.119 e. The van der Waals surface area contributed by atoms with Gasteiger partial charge in [0.1, 0.15) is 5.75 Å². The first kappa shape index (κ1) is 15.5. The lowest BCUT2D eigenvalue weighted by Crippen LogP contribution is -2.25. The summed E-state index contributed by atoms with van der Waals surface area (Å²) in [6.45, 7) is 3.65. The molecule has 0 aromatic heterocycles. The molecular weight excluding hydrogens is 294 g/mol. The molecule has 0 saturated carbocycles. The summed E-state index contributed by atoms with van der Waals surface area (Å²) < 4.78 is 11.7. The van der Waals surface area contributed by atoms with Gasteiger partial charge >= 0.3 is 0 Å². The fourth-order valence-corrected chi connectivity index (χ4v) is 2.11. The third-order valence-corrected chi connectivity index (χ3v) is 3.49. The lowest BCUT2D eigenvalue weighted by molar-refractivity contribution is 0.127. The molecule has 0 spiro atoms. The zero-order valence-electron chi connectivity index (χ0n) is 11.1. The molecule has 102 valence electrons. The summed E-state index contributed by atoms with van der Waals surface area (Å²) >= 11 is 3.54. The third-order valence-electron chi connectivity index (χ3n) is 2.72. The van der Waals surface area contributed by atoms with Gasteiger partial charge in [-0.2, -0.15) is 0 Å². The number of hydrogen-bond acceptors (Lipinski definition) is 3. The van der Waals surface area contributed by atoms with Crippen molar-refractivity contribution in [2.45, 2.75) is 32.2 Å². The Labute approximate surface area is 118 Å². The number of ether oxygens (including phenoxy) is 2. The molecule has 1 rings (SSSR count). The zero-order chi connectivity index (χ0) is 13.4. The summed E-state index contributed by atoms with van der Waals surface area (Å²) in [5.41, 5.74) is 7.28. The van der Waals surface area contributed by atoms with E-state index < -0.39 is 0 Å². The molecule has 2 N–H and O–H groups in total. The van der Waals surface area contributed by atoms with Crippen LogP contribution in [-0.2, 0) is 11.2 Å². The van der Waals surface area contributed by atoms with Gasteiger partial charge in [0.2, 0.25) is 0 Å². The number of halogens is 1. The SMILES string of the molecule is CCCOCCC(N)Cc1cc(OC)ccc1Br. The number of hydrogen-bond donors (Lipinski definition) is 1. The van der Waals surface area contributed by atoms with Crippen molar-refractivity contribution >= 4 is 15.9 Å². The van der Waals surface area contributed by atoms with Crippen LogP contribution in [0.4, 0.5) is 0 Å². The van der Waals surface area contributed by atoms with E-state index in [4.69, 9.17) is 15.2 Å². The van der Waals surface area contributed by atoms with E-state index in [1.807, 2.05) is 18.2 Å². The Bertz CT molecular complexity index is 358. The molecule has 0 fully saturated rings. The van der Waals surface area contributed by atoms with E-state index in [1.54, 1.807) is 7.11 Å². The van der Waals surface area contributed by atoms with Crippen molar-refractivity contribution in [3.05, 3.63) is 28.2 Å². The predicted octanol–water partition coefficient (Wildman–Crippen LogP) is 3.14. The van der Waals surface area contributed by atoms with Crippen LogP contribution in [0.5, 0.6) is 5.75 Å². The maximum absolute atomic E-state index is 6.11. The zero-order valence-corrected chi connectivity index (χ0v) is 12.7. The van der Waals surface area contributed by atoms with Gasteiger partial charge in [0.25, 0.3) is 0 Å². The van der Waals surface area contributed by atoms with Gasteiger partial charge in [-0.1, -0.05) is 22.9 Å². The molecule has 0 amide bonds. The topological polar surface area (TPSA) is 44.5 Å². The van der Waals surface area contributed by atoms with Crippen molar-refractivity contribution < 1.29 is 9.47 Å². The number of rotatable bonds is 8. The minimum atomic E-state index is 0.116. The van der Waals surface area contributed by atoms with Crippen molar-refractivity contribution in [2.24, 2.45) is 5.73 Å². The molecule has 0 saturated heterocycles. The third kappa shape index (κ3) is 5.38. The summed E-state index contributed by atoms with van der Waals surface area (Å²) in [5.74, 6) is 0.864. The second-order valence-electron chi connectivity index (χ2n) is 4.32. The van der Waals surface area contributed by atoms with Gasteiger partial charge < -0.3 is 15.2 Å². The maximum atomic E-state index is 6.11. The van der Waals surface area contributed by atoms with Gasteiger partial charge in [-0.15, -0.1) is 0 Å². The van der Waals surface area contributed by atoms with Crippen LogP contribution in [0.2, 0.25) is 0 Å². The average molecular weight is 316 g/mol. The fraction of sp³-hybridized carbons (Fsp3) is 0.571. The number of nitrogens with two attached hydrogens (primary N) is 1. The maximum Gasteiger partial charge on any atom is 0.119 e. The molecule has 0 heterocycles. The first-order valence-corrected chi connectivity index (χ1v) is 7.12. The van der Waals surface area contributed by atoms with Crippen LogP contribution in [0.15, 0.2) is 22.7 Å². The van der Waals surface area contributed by atoms with Gasteiger partial charge in [0, 0.05) is 23.7 Å². The van der Waals surface area contributed by atoms with Crippen LogP contribution in [0, 0.1) is 0 Å². The van der Waals surface area contributed by atoms with Crippen LogP contribution in [0.1, 0.15) is 25.3 Å². The van der Waals surface area contributed by atoms with E-state index in [1.165, 1.54) is 5.56 Å². The van der Waals surface area contributed by atoms with Crippen molar-refractivity contribution in [2.75, 3.05) is 20.3 Å². The molecule has 0 radical (unpaired) electrons. The lowest BCUT2D eigenvalue weighted by atomic mass is 10.0. The summed E-state index contributed by atoms with van der Waals surface area (Å²) in [6.07, 6.45) is 2.76. The Morgan fingerprint density at radius 2 is 2.11 bits per heavy atom. The van der Waals surface area contributed by atoms with Crippen LogP contribution in [0.3, 0.4) is 0 Å². The van der Waals surface area contributed by atoms with Crippen molar-refractivity contribution in [3.63, 3.8) is 0 Å². The predicted molar refractivity (Wildman–Crippen MR) is 78.1 cm³/mol. The Morgan fingerprint density at radius 3 is 2.78 bits per heavy atom. The highest BCUT2D eigenvalue weighted by molar-refractivity contribution is 9.10. The normalized spacial score (nSPS) is 12.4. The standard InChI is InChI=1S/C14H22BrNO2/c1-3-7-18-8-6-12(16)9-11-10-13(17-2)4-5-14(11)15/h4-5,10,12H,3,6-9,16H2,1-2H3. The highest BCUT2D eigenvalue weighted by Gasteiger charge is 2.08. The first-order valence-electron chi connectivity index (χ1n) is 6.33. The molecule has 1 unspecified atom stereocenters. The fourth-order valence-electron chi connectivity index (χ4n) is 1.70. The largest absolute Gasteiger partial charge is 0.497 e. The van der Waals surface area contributed by atoms with Gasteiger partial charge in [-0.25, -0.2) is 0 Å². The molecule has 0 aliphatic rings. The highest BCUT2D eigenvalue weighted by atomic mass is 79.9. The van der Waals surface area contributed by atoms with Gasteiger partial charge in [0.15, 0.2) is 0 Å². The van der Waals surface area contributed by atoms with Crippen LogP contribution in [-0.4, -0.2) is 26.4 Å². The molecule has 1 aromatic rings. The van der Waals surface area contributed by atoms with E-state index >= 15 is 0 Å². The molecule has 0 bridgehead atoms. The van der Waals surface area contributed by atoms with Crippen molar-refractivity contribution in [1.29, 1.82) is 0 Å². The van der Waals surface area contributed by atoms with E-state index in [9.17, 15) is 0 Å². The second-order valence-corrected chi connectivity index (χ2v) is 5.18. The Hall–Kier alpha value is -0.580. The minimum Gasteiger partial charge on any atom is -0.497 e. The monoisotopic (exact) mass is 315 g/mol. The Morgan fingerprint density at radius 1 is 1.33 bits per heavy atom. The lowest BCUT2D eigenvalue weighted by Gasteiger charge is -2.14. The molecule has 18 heavy (non-hydrogen) atoms.